The Morgan fingerprint density at radius 1 is 0.971 bits per heavy atom. The summed E-state index contributed by atoms with van der Waals surface area (Å²) in [6.07, 6.45) is 0. The monoisotopic (exact) mass is 461 g/mol. The van der Waals surface area contributed by atoms with E-state index in [4.69, 9.17) is 5.10 Å². The first-order chi connectivity index (χ1) is 16.0. The van der Waals surface area contributed by atoms with Crippen LogP contribution in [-0.2, 0) is 10.2 Å². The Morgan fingerprint density at radius 3 is 2.32 bits per heavy atom. The first-order valence-electron chi connectivity index (χ1n) is 11.6. The summed E-state index contributed by atoms with van der Waals surface area (Å²) >= 11 is 0. The molecule has 0 saturated carbocycles. The van der Waals surface area contributed by atoms with Gasteiger partial charge in [0.15, 0.2) is 0 Å². The molecule has 7 nitrogen and oxygen atoms in total. The van der Waals surface area contributed by atoms with Crippen molar-refractivity contribution in [1.82, 2.24) is 14.7 Å². The molecule has 0 unspecified atom stereocenters. The fraction of sp³-hybridized carbons (Fsp3) is 0.370. The number of nitrogens with one attached hydrogen (secondary N) is 2. The van der Waals surface area contributed by atoms with E-state index in [2.05, 4.69) is 31.4 Å². The van der Waals surface area contributed by atoms with Crippen molar-refractivity contribution in [1.29, 1.82) is 0 Å². The van der Waals surface area contributed by atoms with Crippen LogP contribution in [-0.4, -0.2) is 39.7 Å². The molecule has 0 saturated heterocycles. The molecular weight excluding hydrogens is 426 g/mol. The Labute approximate surface area is 202 Å². The maximum absolute atomic E-state index is 13.0. The molecule has 180 valence electrons. The summed E-state index contributed by atoms with van der Waals surface area (Å²) in [5, 5.41) is 10.6. The first kappa shape index (κ1) is 25.0. The average Bonchev–Trinajstić information content (AvgIpc) is 3.19. The molecule has 0 bridgehead atoms. The molecule has 34 heavy (non-hydrogen) atoms. The van der Waals surface area contributed by atoms with Gasteiger partial charge >= 0.3 is 6.03 Å². The molecule has 0 radical (unpaired) electrons. The summed E-state index contributed by atoms with van der Waals surface area (Å²) in [6.45, 7) is 14.5. The van der Waals surface area contributed by atoms with Gasteiger partial charge in [-0.1, -0.05) is 39.0 Å². The van der Waals surface area contributed by atoms with E-state index in [0.29, 0.717) is 18.1 Å². The molecule has 0 spiro atoms. The van der Waals surface area contributed by atoms with E-state index in [9.17, 15) is 9.59 Å². The SMILES string of the molecule is CCN(CC(=O)Nc1cc(C(C)(C)C)nn1-c1cccc(C)c1)C(=O)Nc1ccc(C)c(C)c1. The lowest BCUT2D eigenvalue weighted by Gasteiger charge is -2.21. The van der Waals surface area contributed by atoms with Crippen molar-refractivity contribution in [2.45, 2.75) is 53.9 Å². The third-order valence-electron chi connectivity index (χ3n) is 5.75. The lowest BCUT2D eigenvalue weighted by atomic mass is 9.92. The summed E-state index contributed by atoms with van der Waals surface area (Å²) in [5.41, 5.74) is 5.61. The zero-order valence-corrected chi connectivity index (χ0v) is 21.2. The first-order valence-corrected chi connectivity index (χ1v) is 11.6. The van der Waals surface area contributed by atoms with Gasteiger partial charge in [-0.05, 0) is 68.7 Å². The zero-order valence-electron chi connectivity index (χ0n) is 21.2. The highest BCUT2D eigenvalue weighted by atomic mass is 16.2. The second kappa shape index (κ2) is 10.1. The third-order valence-corrected chi connectivity index (χ3v) is 5.75. The smallest absolute Gasteiger partial charge is 0.315 e. The lowest BCUT2D eigenvalue weighted by molar-refractivity contribution is -0.116. The molecule has 1 aromatic heterocycles. The molecule has 2 N–H and O–H groups in total. The van der Waals surface area contributed by atoms with Crippen LogP contribution < -0.4 is 10.6 Å². The largest absolute Gasteiger partial charge is 0.322 e. The molecule has 7 heteroatoms. The van der Waals surface area contributed by atoms with Crippen LogP contribution in [0.2, 0.25) is 0 Å². The molecule has 3 amide bonds. The van der Waals surface area contributed by atoms with Crippen LogP contribution in [0.1, 0.15) is 50.1 Å². The quantitative estimate of drug-likeness (QED) is 0.502. The van der Waals surface area contributed by atoms with Gasteiger partial charge in [0, 0.05) is 23.7 Å². The molecule has 3 rings (SSSR count). The zero-order chi connectivity index (χ0) is 25.0. The van der Waals surface area contributed by atoms with Crippen LogP contribution in [0.15, 0.2) is 48.5 Å². The van der Waals surface area contributed by atoms with Gasteiger partial charge in [-0.15, -0.1) is 0 Å². The van der Waals surface area contributed by atoms with E-state index in [1.165, 1.54) is 4.90 Å². The second-order valence-electron chi connectivity index (χ2n) is 9.71. The molecular formula is C27H35N5O2. The summed E-state index contributed by atoms with van der Waals surface area (Å²) < 4.78 is 1.75. The van der Waals surface area contributed by atoms with Crippen LogP contribution in [0, 0.1) is 20.8 Å². The Balaban J connectivity index is 1.77. The molecule has 1 heterocycles. The fourth-order valence-electron chi connectivity index (χ4n) is 3.50. The van der Waals surface area contributed by atoms with Gasteiger partial charge in [-0.2, -0.15) is 5.10 Å². The van der Waals surface area contributed by atoms with Gasteiger partial charge in [0.1, 0.15) is 12.4 Å². The number of nitrogens with zero attached hydrogens (tertiary/aromatic N) is 3. The van der Waals surface area contributed by atoms with Crippen molar-refractivity contribution >= 4 is 23.4 Å². The highest BCUT2D eigenvalue weighted by Crippen LogP contribution is 2.26. The minimum Gasteiger partial charge on any atom is -0.315 e. The van der Waals surface area contributed by atoms with Crippen molar-refractivity contribution in [3.05, 3.63) is 70.9 Å². The predicted octanol–water partition coefficient (Wildman–Crippen LogP) is 5.59. The number of likely N-dealkylation sites (N-methyl/N-ethyl adjacent to an activating group) is 1. The van der Waals surface area contributed by atoms with Crippen LogP contribution >= 0.6 is 0 Å². The minimum atomic E-state index is -0.316. The maximum Gasteiger partial charge on any atom is 0.322 e. The van der Waals surface area contributed by atoms with Crippen molar-refractivity contribution < 1.29 is 9.59 Å². The van der Waals surface area contributed by atoms with Gasteiger partial charge < -0.3 is 15.5 Å². The van der Waals surface area contributed by atoms with Crippen LogP contribution in [0.4, 0.5) is 16.3 Å². The number of urea groups is 1. The fourth-order valence-corrected chi connectivity index (χ4v) is 3.50. The average molecular weight is 462 g/mol. The molecule has 0 atom stereocenters. The van der Waals surface area contributed by atoms with Gasteiger partial charge in [-0.3, -0.25) is 4.79 Å². The summed E-state index contributed by atoms with van der Waals surface area (Å²) in [5.74, 6) is 0.289. The Hall–Kier alpha value is -3.61. The van der Waals surface area contributed by atoms with E-state index in [-0.39, 0.29) is 23.9 Å². The standard InChI is InChI=1S/C27H35N5O2/c1-8-31(26(34)28-21-13-12-19(3)20(4)15-21)17-25(33)29-24-16-23(27(5,6)7)30-32(24)22-11-9-10-18(2)14-22/h9-16H,8,17H2,1-7H3,(H,28,34)(H,29,33). The summed E-state index contributed by atoms with van der Waals surface area (Å²) in [6, 6.07) is 15.3. The van der Waals surface area contributed by atoms with Crippen molar-refractivity contribution in [2.24, 2.45) is 0 Å². The number of aryl methyl sites for hydroxylation is 3. The normalized spacial score (nSPS) is 11.3. The van der Waals surface area contributed by atoms with Crippen LogP contribution in [0.25, 0.3) is 5.69 Å². The number of anilines is 2. The van der Waals surface area contributed by atoms with Crippen LogP contribution in [0.3, 0.4) is 0 Å². The number of amides is 3. The van der Waals surface area contributed by atoms with Crippen molar-refractivity contribution in [3.63, 3.8) is 0 Å². The van der Waals surface area contributed by atoms with Gasteiger partial charge in [0.2, 0.25) is 5.91 Å². The van der Waals surface area contributed by atoms with E-state index in [0.717, 1.165) is 28.1 Å². The lowest BCUT2D eigenvalue weighted by Crippen LogP contribution is -2.40. The molecule has 0 fully saturated rings. The maximum atomic E-state index is 13.0. The number of carbonyl (C=O) groups is 2. The van der Waals surface area contributed by atoms with E-state index in [1.54, 1.807) is 4.68 Å². The van der Waals surface area contributed by atoms with E-state index >= 15 is 0 Å². The molecule has 0 aliphatic rings. The van der Waals surface area contributed by atoms with Gasteiger partial charge in [0.25, 0.3) is 0 Å². The third kappa shape index (κ3) is 6.04. The number of carbonyl (C=O) groups excluding carboxylic acids is 2. The molecule has 0 aliphatic carbocycles. The van der Waals surface area contributed by atoms with Crippen molar-refractivity contribution in [2.75, 3.05) is 23.7 Å². The van der Waals surface area contributed by atoms with E-state index in [1.807, 2.05) is 76.2 Å². The van der Waals surface area contributed by atoms with Crippen molar-refractivity contribution in [3.8, 4) is 5.69 Å². The highest BCUT2D eigenvalue weighted by Gasteiger charge is 2.23. The summed E-state index contributed by atoms with van der Waals surface area (Å²) in [7, 11) is 0. The van der Waals surface area contributed by atoms with Gasteiger partial charge in [0.05, 0.1) is 11.4 Å². The molecule has 3 aromatic rings. The Kier molecular flexibility index (Phi) is 7.44. The number of rotatable bonds is 6. The number of hydrogen-bond donors (Lipinski definition) is 2. The second-order valence-corrected chi connectivity index (χ2v) is 9.71. The summed E-state index contributed by atoms with van der Waals surface area (Å²) in [4.78, 5) is 27.3. The Morgan fingerprint density at radius 2 is 1.71 bits per heavy atom. The number of hydrogen-bond acceptors (Lipinski definition) is 3. The predicted molar refractivity (Wildman–Crippen MR) is 138 cm³/mol. The number of aromatic nitrogens is 2. The minimum absolute atomic E-state index is 0.0724. The topological polar surface area (TPSA) is 79.3 Å². The molecule has 0 aliphatic heterocycles. The van der Waals surface area contributed by atoms with E-state index < -0.39 is 0 Å². The highest BCUT2D eigenvalue weighted by molar-refractivity contribution is 5.96. The van der Waals surface area contributed by atoms with Crippen LogP contribution in [0.5, 0.6) is 0 Å². The number of benzene rings is 2. The van der Waals surface area contributed by atoms with Gasteiger partial charge in [-0.25, -0.2) is 9.48 Å². The molecule has 2 aromatic carbocycles. The Bertz CT molecular complexity index is 1190.